The minimum absolute atomic E-state index is 0.156. The standard InChI is InChI=1S/C12H12ClN3O3/c13-8-4-7(5-15-11(8)14)12(18)16-9(6-17)10-2-1-3-19-10/h1-5,9,17H,6H2,(H2,14,15)(H,16,18). The van der Waals surface area contributed by atoms with Crippen molar-refractivity contribution >= 4 is 23.3 Å². The molecular weight excluding hydrogens is 270 g/mol. The van der Waals surface area contributed by atoms with E-state index < -0.39 is 11.9 Å². The Labute approximate surface area is 114 Å². The number of halogens is 1. The van der Waals surface area contributed by atoms with Gasteiger partial charge in [0, 0.05) is 6.20 Å². The number of aromatic nitrogens is 1. The number of pyridine rings is 1. The van der Waals surface area contributed by atoms with Crippen molar-refractivity contribution in [2.75, 3.05) is 12.3 Å². The van der Waals surface area contributed by atoms with Crippen molar-refractivity contribution in [1.82, 2.24) is 10.3 Å². The van der Waals surface area contributed by atoms with E-state index in [1.54, 1.807) is 12.1 Å². The zero-order valence-electron chi connectivity index (χ0n) is 9.84. The van der Waals surface area contributed by atoms with Crippen molar-refractivity contribution in [3.8, 4) is 0 Å². The average Bonchev–Trinajstić information content (AvgIpc) is 2.92. The van der Waals surface area contributed by atoms with Gasteiger partial charge in [-0.1, -0.05) is 11.6 Å². The van der Waals surface area contributed by atoms with E-state index in [0.717, 1.165) is 0 Å². The van der Waals surface area contributed by atoms with Gasteiger partial charge < -0.3 is 20.6 Å². The van der Waals surface area contributed by atoms with Crippen LogP contribution >= 0.6 is 11.6 Å². The van der Waals surface area contributed by atoms with Crippen LogP contribution in [0.3, 0.4) is 0 Å². The van der Waals surface area contributed by atoms with Crippen molar-refractivity contribution < 1.29 is 14.3 Å². The number of aliphatic hydroxyl groups is 1. The Kier molecular flexibility index (Phi) is 4.03. The Hall–Kier alpha value is -2.05. The maximum absolute atomic E-state index is 12.0. The van der Waals surface area contributed by atoms with Gasteiger partial charge in [0.1, 0.15) is 17.6 Å². The number of nitrogens with zero attached hydrogens (tertiary/aromatic N) is 1. The van der Waals surface area contributed by atoms with Crippen molar-refractivity contribution in [3.63, 3.8) is 0 Å². The summed E-state index contributed by atoms with van der Waals surface area (Å²) in [5.74, 6) is 0.193. The van der Waals surface area contributed by atoms with Crippen molar-refractivity contribution in [3.05, 3.63) is 47.0 Å². The molecule has 0 saturated heterocycles. The van der Waals surface area contributed by atoms with E-state index >= 15 is 0 Å². The number of hydrogen-bond donors (Lipinski definition) is 3. The summed E-state index contributed by atoms with van der Waals surface area (Å²) < 4.78 is 5.13. The first-order valence-corrected chi connectivity index (χ1v) is 5.85. The van der Waals surface area contributed by atoms with Gasteiger partial charge in [0.25, 0.3) is 5.91 Å². The van der Waals surface area contributed by atoms with E-state index in [1.807, 2.05) is 0 Å². The number of carbonyl (C=O) groups excluding carboxylic acids is 1. The van der Waals surface area contributed by atoms with Crippen LogP contribution in [0.25, 0.3) is 0 Å². The van der Waals surface area contributed by atoms with Crippen LogP contribution in [0.15, 0.2) is 35.1 Å². The molecule has 100 valence electrons. The number of aliphatic hydroxyl groups excluding tert-OH is 1. The van der Waals surface area contributed by atoms with E-state index in [0.29, 0.717) is 5.76 Å². The number of furan rings is 1. The van der Waals surface area contributed by atoms with Crippen LogP contribution in [0.1, 0.15) is 22.2 Å². The van der Waals surface area contributed by atoms with E-state index in [-0.39, 0.29) is 23.0 Å². The van der Waals surface area contributed by atoms with Gasteiger partial charge in [-0.25, -0.2) is 4.98 Å². The largest absolute Gasteiger partial charge is 0.467 e. The maximum Gasteiger partial charge on any atom is 0.253 e. The van der Waals surface area contributed by atoms with E-state index in [2.05, 4.69) is 10.3 Å². The number of hydrogen-bond acceptors (Lipinski definition) is 5. The molecule has 2 rings (SSSR count). The van der Waals surface area contributed by atoms with Gasteiger partial charge in [0.15, 0.2) is 0 Å². The molecule has 0 radical (unpaired) electrons. The molecule has 0 aromatic carbocycles. The summed E-state index contributed by atoms with van der Waals surface area (Å²) in [4.78, 5) is 15.8. The molecule has 0 spiro atoms. The minimum atomic E-state index is -0.626. The fourth-order valence-electron chi connectivity index (χ4n) is 1.51. The zero-order chi connectivity index (χ0) is 13.8. The lowest BCUT2D eigenvalue weighted by molar-refractivity contribution is 0.0907. The molecule has 0 fully saturated rings. The average molecular weight is 282 g/mol. The van der Waals surface area contributed by atoms with Gasteiger partial charge in [-0.15, -0.1) is 0 Å². The molecule has 1 amide bonds. The number of amides is 1. The van der Waals surface area contributed by atoms with Gasteiger partial charge in [-0.3, -0.25) is 4.79 Å². The highest BCUT2D eigenvalue weighted by molar-refractivity contribution is 6.33. The third-order valence-electron chi connectivity index (χ3n) is 2.51. The van der Waals surface area contributed by atoms with Gasteiger partial charge in [0.05, 0.1) is 23.5 Å². The first-order valence-electron chi connectivity index (χ1n) is 5.48. The van der Waals surface area contributed by atoms with Crippen LogP contribution in [0.2, 0.25) is 5.02 Å². The molecule has 1 unspecified atom stereocenters. The molecule has 2 heterocycles. The molecule has 1 atom stereocenters. The summed E-state index contributed by atoms with van der Waals surface area (Å²) in [7, 11) is 0. The predicted molar refractivity (Wildman–Crippen MR) is 69.7 cm³/mol. The maximum atomic E-state index is 12.0. The summed E-state index contributed by atoms with van der Waals surface area (Å²) in [6.45, 7) is -0.282. The molecule has 0 aliphatic rings. The van der Waals surface area contributed by atoms with Crippen molar-refractivity contribution in [2.24, 2.45) is 0 Å². The molecule has 19 heavy (non-hydrogen) atoms. The normalized spacial score (nSPS) is 12.1. The number of carbonyl (C=O) groups is 1. The molecule has 6 nitrogen and oxygen atoms in total. The molecule has 2 aromatic rings. The Morgan fingerprint density at radius 2 is 2.42 bits per heavy atom. The molecule has 0 bridgehead atoms. The topological polar surface area (TPSA) is 101 Å². The number of nitrogens with two attached hydrogens (primary N) is 1. The SMILES string of the molecule is Nc1ncc(C(=O)NC(CO)c2ccco2)cc1Cl. The first kappa shape index (κ1) is 13.4. The third-order valence-corrected chi connectivity index (χ3v) is 2.81. The van der Waals surface area contributed by atoms with Crippen LogP contribution in [0.5, 0.6) is 0 Å². The first-order chi connectivity index (χ1) is 9.11. The predicted octanol–water partition coefficient (Wildman–Crippen LogP) is 1.37. The summed E-state index contributed by atoms with van der Waals surface area (Å²) in [5, 5.41) is 12.1. The second-order valence-electron chi connectivity index (χ2n) is 3.82. The van der Waals surface area contributed by atoms with Crippen LogP contribution in [-0.4, -0.2) is 22.6 Å². The second kappa shape index (κ2) is 5.73. The molecular formula is C12H12ClN3O3. The van der Waals surface area contributed by atoms with E-state index in [9.17, 15) is 9.90 Å². The van der Waals surface area contributed by atoms with Crippen LogP contribution in [0, 0.1) is 0 Å². The fraction of sp³-hybridized carbons (Fsp3) is 0.167. The summed E-state index contributed by atoms with van der Waals surface area (Å²) in [6.07, 6.45) is 2.78. The monoisotopic (exact) mass is 281 g/mol. The Balaban J connectivity index is 2.13. The summed E-state index contributed by atoms with van der Waals surface area (Å²) in [5.41, 5.74) is 5.72. The molecule has 4 N–H and O–H groups in total. The Bertz CT molecular complexity index is 572. The van der Waals surface area contributed by atoms with Gasteiger partial charge >= 0.3 is 0 Å². The quantitative estimate of drug-likeness (QED) is 0.786. The van der Waals surface area contributed by atoms with Crippen LogP contribution in [-0.2, 0) is 0 Å². The van der Waals surface area contributed by atoms with Crippen LogP contribution in [0.4, 0.5) is 5.82 Å². The highest BCUT2D eigenvalue weighted by Gasteiger charge is 2.17. The Morgan fingerprint density at radius 3 is 3.00 bits per heavy atom. The lowest BCUT2D eigenvalue weighted by atomic mass is 10.2. The van der Waals surface area contributed by atoms with Gasteiger partial charge in [-0.2, -0.15) is 0 Å². The highest BCUT2D eigenvalue weighted by Crippen LogP contribution is 2.18. The zero-order valence-corrected chi connectivity index (χ0v) is 10.6. The number of nitrogen functional groups attached to an aromatic ring is 1. The van der Waals surface area contributed by atoms with Crippen molar-refractivity contribution in [2.45, 2.75) is 6.04 Å². The summed E-state index contributed by atoms with van der Waals surface area (Å²) >= 11 is 5.79. The van der Waals surface area contributed by atoms with E-state index in [1.165, 1.54) is 18.5 Å². The Morgan fingerprint density at radius 1 is 1.63 bits per heavy atom. The smallest absolute Gasteiger partial charge is 0.253 e. The minimum Gasteiger partial charge on any atom is -0.467 e. The lowest BCUT2D eigenvalue weighted by Crippen LogP contribution is -2.30. The van der Waals surface area contributed by atoms with Crippen LogP contribution < -0.4 is 11.1 Å². The third kappa shape index (κ3) is 3.04. The molecule has 2 aromatic heterocycles. The molecule has 0 saturated carbocycles. The van der Waals surface area contributed by atoms with E-state index in [4.69, 9.17) is 21.8 Å². The van der Waals surface area contributed by atoms with Gasteiger partial charge in [0.2, 0.25) is 0 Å². The number of rotatable bonds is 4. The molecule has 7 heteroatoms. The number of anilines is 1. The second-order valence-corrected chi connectivity index (χ2v) is 4.22. The van der Waals surface area contributed by atoms with Crippen molar-refractivity contribution in [1.29, 1.82) is 0 Å². The highest BCUT2D eigenvalue weighted by atomic mass is 35.5. The number of nitrogens with one attached hydrogen (secondary N) is 1. The van der Waals surface area contributed by atoms with Gasteiger partial charge in [-0.05, 0) is 18.2 Å². The lowest BCUT2D eigenvalue weighted by Gasteiger charge is -2.14. The molecule has 0 aliphatic carbocycles. The fourth-order valence-corrected chi connectivity index (χ4v) is 1.68. The molecule has 0 aliphatic heterocycles. The summed E-state index contributed by atoms with van der Waals surface area (Å²) in [6, 6.07) is 4.12.